The molecule has 7 aromatic carbocycles. The smallest absolute Gasteiger partial charge is 0.255 e. The molecule has 12 aromatic rings. The average Bonchev–Trinajstić information content (AvgIpc) is 4.07. The van der Waals surface area contributed by atoms with Gasteiger partial charge in [-0.2, -0.15) is 9.13 Å². The lowest BCUT2D eigenvalue weighted by atomic mass is 9.86. The number of para-hydroxylation sites is 4. The molecule has 0 aliphatic carbocycles. The van der Waals surface area contributed by atoms with Crippen molar-refractivity contribution in [3.8, 4) is 28.7 Å². The molecule has 0 saturated heterocycles. The van der Waals surface area contributed by atoms with Crippen molar-refractivity contribution in [3.63, 3.8) is 0 Å². The molecule has 0 bridgehead atoms. The first kappa shape index (κ1) is 33.0. The van der Waals surface area contributed by atoms with Crippen LogP contribution in [0.5, 0.6) is 11.5 Å². The Bertz CT molecular complexity index is 4050. The third-order valence-corrected chi connectivity index (χ3v) is 13.2. The van der Waals surface area contributed by atoms with E-state index in [1.807, 2.05) is 131 Å². The van der Waals surface area contributed by atoms with E-state index in [1.54, 1.807) is 0 Å². The normalized spacial score (nSPS) is 14.4. The number of aryl methyl sites for hydroxylation is 2. The molecule has 7 nitrogen and oxygen atoms in total. The van der Waals surface area contributed by atoms with E-state index in [9.17, 15) is 0 Å². The van der Waals surface area contributed by atoms with Gasteiger partial charge >= 0.3 is 0 Å². The second kappa shape index (κ2) is 13.9. The molecule has 0 radical (unpaired) electrons. The highest BCUT2D eigenvalue weighted by Gasteiger charge is 2.28. The van der Waals surface area contributed by atoms with Gasteiger partial charge in [-0.05, 0) is 101 Å². The van der Waals surface area contributed by atoms with Gasteiger partial charge in [-0.3, -0.25) is 4.57 Å². The summed E-state index contributed by atoms with van der Waals surface area (Å²) in [7, 11) is 0. The first-order valence-electron chi connectivity index (χ1n) is 25.1. The molecule has 65 heavy (non-hydrogen) atoms. The minimum atomic E-state index is -2.62. The Labute approximate surface area is 386 Å². The number of hydrogen-bond donors (Lipinski definition) is 0. The van der Waals surface area contributed by atoms with Gasteiger partial charge in [-0.1, -0.05) is 102 Å². The van der Waals surface area contributed by atoms with Crippen LogP contribution in [0.3, 0.4) is 0 Å². The monoisotopic (exact) mass is 853 g/mol. The van der Waals surface area contributed by atoms with Gasteiger partial charge in [-0.25, -0.2) is 4.98 Å². The summed E-state index contributed by atoms with van der Waals surface area (Å²) in [5.41, 5.74) is 8.99. The Morgan fingerprint density at radius 3 is 1.83 bits per heavy atom. The van der Waals surface area contributed by atoms with Crippen molar-refractivity contribution >= 4 is 76.5 Å². The van der Waals surface area contributed by atoms with E-state index in [-0.39, 0.29) is 10.8 Å². The minimum Gasteiger partial charge on any atom is -0.457 e. The molecule has 0 spiro atoms. The van der Waals surface area contributed by atoms with Crippen LogP contribution in [0.25, 0.3) is 93.6 Å². The van der Waals surface area contributed by atoms with Gasteiger partial charge in [0.25, 0.3) is 6.33 Å². The Morgan fingerprint density at radius 2 is 1.14 bits per heavy atom. The fraction of sp³-hybridized carbons (Fsp3) is 0.172. The molecular formula is C58H51N6O+. The number of ether oxygens (including phenoxy) is 1. The number of fused-ring (bicyclic) bond motifs is 10. The molecule has 318 valence electrons. The number of imidazole rings is 1. The van der Waals surface area contributed by atoms with Crippen LogP contribution in [0, 0.1) is 0 Å². The van der Waals surface area contributed by atoms with E-state index in [0.717, 1.165) is 55.1 Å². The topological polar surface area (TPSA) is 45.7 Å². The zero-order chi connectivity index (χ0) is 49.5. The van der Waals surface area contributed by atoms with Gasteiger partial charge in [0.1, 0.15) is 23.0 Å². The summed E-state index contributed by atoms with van der Waals surface area (Å²) in [6.07, 6.45) is 3.82. The fourth-order valence-corrected chi connectivity index (χ4v) is 9.89. The summed E-state index contributed by atoms with van der Waals surface area (Å²) >= 11 is 0. The number of benzene rings is 7. The number of hydrogen-bond acceptors (Lipinski definition) is 2. The zero-order valence-electron chi connectivity index (χ0n) is 43.2. The molecule has 0 saturated carbocycles. The lowest BCUT2D eigenvalue weighted by Crippen LogP contribution is -2.30. The molecule has 0 N–H and O–H groups in total. The SMILES string of the molecule is [2H]C([2H])([2H])n1c2ccccc2c2cc3c4ccccc4n(C([2H])([2H])[2H])c3c(-[n+]3cn(-c4cccc(Oc5ccc6c7cc(C(C)(C)C)ccc7n(-c7cc(C(C)(C)C)ccn7)c6c5)c4)c4ccccc43)c21. The Morgan fingerprint density at radius 1 is 0.508 bits per heavy atom. The van der Waals surface area contributed by atoms with Gasteiger partial charge in [0.05, 0.1) is 22.1 Å². The number of nitrogens with zero attached hydrogens (tertiary/aromatic N) is 6. The van der Waals surface area contributed by atoms with Crippen LogP contribution in [0.15, 0.2) is 164 Å². The number of rotatable bonds is 5. The summed E-state index contributed by atoms with van der Waals surface area (Å²) in [5.74, 6) is 2.09. The van der Waals surface area contributed by atoms with Crippen LogP contribution in [0.4, 0.5) is 0 Å². The highest BCUT2D eigenvalue weighted by molar-refractivity contribution is 6.21. The summed E-state index contributed by atoms with van der Waals surface area (Å²) in [6, 6.07) is 49.9. The van der Waals surface area contributed by atoms with Gasteiger partial charge in [0.15, 0.2) is 16.7 Å². The lowest BCUT2D eigenvalue weighted by molar-refractivity contribution is -0.564. The van der Waals surface area contributed by atoms with E-state index < -0.39 is 14.0 Å². The third-order valence-electron chi connectivity index (χ3n) is 13.2. The van der Waals surface area contributed by atoms with Crippen molar-refractivity contribution < 1.29 is 17.5 Å². The molecule has 0 atom stereocenters. The van der Waals surface area contributed by atoms with Gasteiger partial charge in [0.2, 0.25) is 0 Å². The van der Waals surface area contributed by atoms with Crippen molar-refractivity contribution in [2.45, 2.75) is 52.4 Å². The lowest BCUT2D eigenvalue weighted by Gasteiger charge is -2.20. The molecule has 0 amide bonds. The fourth-order valence-electron chi connectivity index (χ4n) is 9.89. The molecule has 5 aromatic heterocycles. The zero-order valence-corrected chi connectivity index (χ0v) is 37.2. The highest BCUT2D eigenvalue weighted by atomic mass is 16.5. The first-order chi connectivity index (χ1) is 33.8. The van der Waals surface area contributed by atoms with Crippen molar-refractivity contribution in [2.75, 3.05) is 0 Å². The maximum absolute atomic E-state index is 8.96. The Kier molecular flexibility index (Phi) is 7.06. The maximum Gasteiger partial charge on any atom is 0.255 e. The summed E-state index contributed by atoms with van der Waals surface area (Å²) < 4.78 is 69.6. The van der Waals surface area contributed by atoms with Crippen LogP contribution in [0.1, 0.15) is 60.9 Å². The second-order valence-corrected chi connectivity index (χ2v) is 19.3. The largest absolute Gasteiger partial charge is 0.457 e. The third kappa shape index (κ3) is 5.95. The van der Waals surface area contributed by atoms with Crippen LogP contribution >= 0.6 is 0 Å². The number of pyridine rings is 1. The molecule has 0 aliphatic heterocycles. The minimum absolute atomic E-state index is 0.0412. The van der Waals surface area contributed by atoms with E-state index in [2.05, 4.69) is 88.6 Å². The van der Waals surface area contributed by atoms with Crippen molar-refractivity contribution in [1.82, 2.24) is 23.3 Å². The molecule has 7 heteroatoms. The van der Waals surface area contributed by atoms with Crippen LogP contribution in [-0.2, 0) is 24.8 Å². The van der Waals surface area contributed by atoms with Crippen molar-refractivity contribution in [2.24, 2.45) is 14.0 Å². The molecule has 0 aliphatic rings. The summed E-state index contributed by atoms with van der Waals surface area (Å²) in [5, 5.41) is 5.15. The van der Waals surface area contributed by atoms with Gasteiger partial charge < -0.3 is 13.9 Å². The standard InChI is InChI=1S/C58H51N6O/c1-57(2,3)36-24-27-49-44(30-36)43-26-25-40(33-52(43)64(49)53-31-37(28-29-59-53)58(4,5)6)65-39-17-15-16-38(32-39)62-35-63(51-23-14-13-22-50(51)62)56-54-45(41-18-9-11-20-47(41)60(54)7)34-46-42-19-10-12-21-48(42)61(8)55(46)56/h9-35H,1-8H3/q+1/i7D3,8D3. The van der Waals surface area contributed by atoms with Crippen LogP contribution in [-0.4, -0.2) is 23.3 Å². The number of aromatic nitrogens is 6. The second-order valence-electron chi connectivity index (χ2n) is 19.3. The van der Waals surface area contributed by atoms with Crippen molar-refractivity contribution in [1.29, 1.82) is 0 Å². The van der Waals surface area contributed by atoms with Crippen LogP contribution < -0.4 is 9.30 Å². The van der Waals surface area contributed by atoms with E-state index in [1.165, 1.54) is 20.3 Å². The quantitative estimate of drug-likeness (QED) is 0.162. The van der Waals surface area contributed by atoms with Gasteiger partial charge in [-0.15, -0.1) is 0 Å². The highest BCUT2D eigenvalue weighted by Crippen LogP contribution is 2.41. The van der Waals surface area contributed by atoms with E-state index in [0.29, 0.717) is 50.0 Å². The molecule has 12 rings (SSSR count). The van der Waals surface area contributed by atoms with Crippen LogP contribution in [0.2, 0.25) is 0 Å². The summed E-state index contributed by atoms with van der Waals surface area (Å²) in [6.45, 7) is 8.10. The summed E-state index contributed by atoms with van der Waals surface area (Å²) in [4.78, 5) is 4.92. The predicted molar refractivity (Wildman–Crippen MR) is 269 cm³/mol. The Balaban J connectivity index is 1.06. The average molecular weight is 854 g/mol. The van der Waals surface area contributed by atoms with Gasteiger partial charge in [0, 0.05) is 83.9 Å². The maximum atomic E-state index is 8.96. The molecule has 0 unspecified atom stereocenters. The predicted octanol–water partition coefficient (Wildman–Crippen LogP) is 14.1. The first-order valence-corrected chi connectivity index (χ1v) is 22.1. The van der Waals surface area contributed by atoms with E-state index >= 15 is 0 Å². The van der Waals surface area contributed by atoms with E-state index in [4.69, 9.17) is 17.9 Å². The Hall–Kier alpha value is -7.64. The molecular weight excluding hydrogens is 797 g/mol. The van der Waals surface area contributed by atoms with Crippen molar-refractivity contribution in [3.05, 3.63) is 175 Å². The molecule has 5 heterocycles. The molecule has 0 fully saturated rings.